The van der Waals surface area contributed by atoms with Crippen molar-refractivity contribution in [1.29, 1.82) is 0 Å². The van der Waals surface area contributed by atoms with Crippen LogP contribution in [0, 0.1) is 6.92 Å². The molecule has 30 heavy (non-hydrogen) atoms. The van der Waals surface area contributed by atoms with Crippen molar-refractivity contribution in [3.8, 4) is 5.75 Å². The lowest BCUT2D eigenvalue weighted by Crippen LogP contribution is -2.44. The molecule has 2 aromatic rings. The molecule has 164 valence electrons. The molecule has 0 aliphatic heterocycles. The molecule has 6 nitrogen and oxygen atoms in total. The highest BCUT2D eigenvalue weighted by Crippen LogP contribution is 2.20. The molecule has 2 N–H and O–H groups in total. The molecule has 0 fully saturated rings. The highest BCUT2D eigenvalue weighted by molar-refractivity contribution is 14.0. The number of rotatable bonds is 9. The van der Waals surface area contributed by atoms with Crippen LogP contribution in [0.5, 0.6) is 5.75 Å². The van der Waals surface area contributed by atoms with Crippen LogP contribution in [-0.4, -0.2) is 43.5 Å². The van der Waals surface area contributed by atoms with Gasteiger partial charge in [0.1, 0.15) is 5.75 Å². The van der Waals surface area contributed by atoms with Crippen molar-refractivity contribution in [2.24, 2.45) is 4.99 Å². The minimum absolute atomic E-state index is 0. The predicted molar refractivity (Wildman–Crippen MR) is 133 cm³/mol. The van der Waals surface area contributed by atoms with Crippen LogP contribution in [0.4, 0.5) is 0 Å². The zero-order valence-corrected chi connectivity index (χ0v) is 20.6. The van der Waals surface area contributed by atoms with E-state index in [0.29, 0.717) is 32.1 Å². The Hall–Kier alpha value is -2.29. The maximum Gasteiger partial charge on any atom is 0.242 e. The highest BCUT2D eigenvalue weighted by Gasteiger charge is 2.13. The van der Waals surface area contributed by atoms with E-state index < -0.39 is 0 Å². The SMILES string of the molecule is CCNC(=NCc1ccc(C)cc1OC)NCC(=O)N(CC)Cc1ccccc1.I. The van der Waals surface area contributed by atoms with Gasteiger partial charge in [-0.1, -0.05) is 42.5 Å². The van der Waals surface area contributed by atoms with E-state index in [4.69, 9.17) is 4.74 Å². The molecule has 7 heteroatoms. The third-order valence-electron chi connectivity index (χ3n) is 4.55. The second kappa shape index (κ2) is 13.8. The molecule has 0 atom stereocenters. The lowest BCUT2D eigenvalue weighted by atomic mass is 10.1. The van der Waals surface area contributed by atoms with Crippen molar-refractivity contribution < 1.29 is 9.53 Å². The van der Waals surface area contributed by atoms with Crippen LogP contribution in [0.3, 0.4) is 0 Å². The van der Waals surface area contributed by atoms with Crippen LogP contribution in [0.2, 0.25) is 0 Å². The van der Waals surface area contributed by atoms with Gasteiger partial charge in [0.25, 0.3) is 0 Å². The van der Waals surface area contributed by atoms with Crippen molar-refractivity contribution in [1.82, 2.24) is 15.5 Å². The molecule has 0 unspecified atom stereocenters. The van der Waals surface area contributed by atoms with Crippen LogP contribution in [0.15, 0.2) is 53.5 Å². The summed E-state index contributed by atoms with van der Waals surface area (Å²) >= 11 is 0. The topological polar surface area (TPSA) is 66.0 Å². The average molecular weight is 524 g/mol. The fourth-order valence-electron chi connectivity index (χ4n) is 2.94. The first kappa shape index (κ1) is 25.7. The Bertz CT molecular complexity index is 812. The summed E-state index contributed by atoms with van der Waals surface area (Å²) in [7, 11) is 1.66. The van der Waals surface area contributed by atoms with E-state index in [1.54, 1.807) is 7.11 Å². The second-order valence-electron chi connectivity index (χ2n) is 6.76. The fourth-order valence-corrected chi connectivity index (χ4v) is 2.94. The van der Waals surface area contributed by atoms with Crippen molar-refractivity contribution in [3.63, 3.8) is 0 Å². The number of amides is 1. The number of aliphatic imine (C=N–C) groups is 1. The first-order valence-electron chi connectivity index (χ1n) is 10.0. The van der Waals surface area contributed by atoms with Gasteiger partial charge in [0.2, 0.25) is 5.91 Å². The van der Waals surface area contributed by atoms with E-state index in [1.807, 2.05) is 74.2 Å². The minimum atomic E-state index is 0. The summed E-state index contributed by atoms with van der Waals surface area (Å²) in [5.74, 6) is 1.47. The third kappa shape index (κ3) is 8.22. The summed E-state index contributed by atoms with van der Waals surface area (Å²) < 4.78 is 5.45. The zero-order chi connectivity index (χ0) is 21.1. The summed E-state index contributed by atoms with van der Waals surface area (Å²) in [5, 5.41) is 6.34. The maximum absolute atomic E-state index is 12.7. The normalized spacial score (nSPS) is 10.7. The monoisotopic (exact) mass is 524 g/mol. The number of nitrogens with one attached hydrogen (secondary N) is 2. The number of hydrogen-bond acceptors (Lipinski definition) is 3. The van der Waals surface area contributed by atoms with E-state index >= 15 is 0 Å². The number of aryl methyl sites for hydroxylation is 1. The van der Waals surface area contributed by atoms with E-state index in [-0.39, 0.29) is 36.4 Å². The summed E-state index contributed by atoms with van der Waals surface area (Å²) in [6.45, 7) is 8.65. The van der Waals surface area contributed by atoms with Crippen molar-refractivity contribution in [2.75, 3.05) is 26.7 Å². The molecule has 0 bridgehead atoms. The Balaban J connectivity index is 0.00000450. The maximum atomic E-state index is 12.7. The van der Waals surface area contributed by atoms with Gasteiger partial charge in [0.15, 0.2) is 5.96 Å². The molecule has 0 saturated heterocycles. The number of carbonyl (C=O) groups excluding carboxylic acids is 1. The van der Waals surface area contributed by atoms with Crippen molar-refractivity contribution in [3.05, 3.63) is 65.2 Å². The predicted octanol–water partition coefficient (Wildman–Crippen LogP) is 3.73. The second-order valence-corrected chi connectivity index (χ2v) is 6.76. The van der Waals surface area contributed by atoms with Gasteiger partial charge >= 0.3 is 0 Å². The molecule has 2 aromatic carbocycles. The van der Waals surface area contributed by atoms with Gasteiger partial charge in [-0.2, -0.15) is 0 Å². The number of halogens is 1. The number of hydrogen-bond donors (Lipinski definition) is 2. The number of guanidine groups is 1. The van der Waals surface area contributed by atoms with Gasteiger partial charge in [0.05, 0.1) is 20.2 Å². The Morgan fingerprint density at radius 3 is 2.47 bits per heavy atom. The van der Waals surface area contributed by atoms with Gasteiger partial charge in [-0.25, -0.2) is 4.99 Å². The molecular weight excluding hydrogens is 491 g/mol. The molecule has 0 spiro atoms. The van der Waals surface area contributed by atoms with Crippen molar-refractivity contribution >= 4 is 35.8 Å². The van der Waals surface area contributed by atoms with Crippen LogP contribution in [0.1, 0.15) is 30.5 Å². The fraction of sp³-hybridized carbons (Fsp3) is 0.391. The third-order valence-corrected chi connectivity index (χ3v) is 4.55. The van der Waals surface area contributed by atoms with Gasteiger partial charge in [-0.3, -0.25) is 4.79 Å². The summed E-state index contributed by atoms with van der Waals surface area (Å²) in [5.41, 5.74) is 3.26. The highest BCUT2D eigenvalue weighted by atomic mass is 127. The molecular formula is C23H33IN4O2. The van der Waals surface area contributed by atoms with Crippen LogP contribution < -0.4 is 15.4 Å². The summed E-state index contributed by atoms with van der Waals surface area (Å²) in [6, 6.07) is 16.1. The number of nitrogens with zero attached hydrogens (tertiary/aromatic N) is 2. The van der Waals surface area contributed by atoms with E-state index in [0.717, 1.165) is 22.4 Å². The number of benzene rings is 2. The van der Waals surface area contributed by atoms with Crippen LogP contribution >= 0.6 is 24.0 Å². The Morgan fingerprint density at radius 1 is 1.10 bits per heavy atom. The Labute approximate surface area is 197 Å². The molecule has 0 aliphatic rings. The molecule has 0 heterocycles. The molecule has 1 amide bonds. The van der Waals surface area contributed by atoms with Gasteiger partial charge in [-0.05, 0) is 38.0 Å². The number of ether oxygens (including phenoxy) is 1. The molecule has 0 aromatic heterocycles. The number of carbonyl (C=O) groups is 1. The van der Waals surface area contributed by atoms with Crippen LogP contribution in [0.25, 0.3) is 0 Å². The van der Waals surface area contributed by atoms with Crippen LogP contribution in [-0.2, 0) is 17.9 Å². The van der Waals surface area contributed by atoms with Gasteiger partial charge in [0, 0.05) is 25.2 Å². The van der Waals surface area contributed by atoms with E-state index in [2.05, 4.69) is 15.6 Å². The first-order chi connectivity index (χ1) is 14.1. The Morgan fingerprint density at radius 2 is 1.83 bits per heavy atom. The van der Waals surface area contributed by atoms with Crippen molar-refractivity contribution in [2.45, 2.75) is 33.9 Å². The molecule has 0 radical (unpaired) electrons. The van der Waals surface area contributed by atoms with Gasteiger partial charge in [-0.15, -0.1) is 24.0 Å². The van der Waals surface area contributed by atoms with E-state index in [1.165, 1.54) is 0 Å². The number of methoxy groups -OCH3 is 1. The molecule has 2 rings (SSSR count). The lowest BCUT2D eigenvalue weighted by Gasteiger charge is -2.22. The molecule has 0 saturated carbocycles. The zero-order valence-electron chi connectivity index (χ0n) is 18.3. The first-order valence-corrected chi connectivity index (χ1v) is 10.0. The average Bonchev–Trinajstić information content (AvgIpc) is 2.75. The van der Waals surface area contributed by atoms with E-state index in [9.17, 15) is 4.79 Å². The van der Waals surface area contributed by atoms with Gasteiger partial charge < -0.3 is 20.3 Å². The number of likely N-dealkylation sites (N-methyl/N-ethyl adjacent to an activating group) is 1. The lowest BCUT2D eigenvalue weighted by molar-refractivity contribution is -0.130. The largest absolute Gasteiger partial charge is 0.496 e. The summed E-state index contributed by atoms with van der Waals surface area (Å²) in [4.78, 5) is 19.1. The Kier molecular flexibility index (Phi) is 11.9. The minimum Gasteiger partial charge on any atom is -0.496 e. The molecule has 0 aliphatic carbocycles. The smallest absolute Gasteiger partial charge is 0.242 e. The standard InChI is InChI=1S/C23H32N4O2.HI/c1-5-24-23(25-15-20-13-12-18(3)14-21(20)29-4)26-16-22(28)27(6-2)17-19-10-8-7-9-11-19;/h7-14H,5-6,15-17H2,1-4H3,(H2,24,25,26);1H. The summed E-state index contributed by atoms with van der Waals surface area (Å²) in [6.07, 6.45) is 0. The quantitative estimate of drug-likeness (QED) is 0.298.